The lowest BCUT2D eigenvalue weighted by Crippen LogP contribution is -1.96. The van der Waals surface area contributed by atoms with Gasteiger partial charge < -0.3 is 9.84 Å². The Hall–Kier alpha value is -1.59. The molecule has 4 nitrogen and oxygen atoms in total. The van der Waals surface area contributed by atoms with Gasteiger partial charge in [-0.15, -0.1) is 0 Å². The summed E-state index contributed by atoms with van der Waals surface area (Å²) in [6, 6.07) is 4.32. The zero-order valence-corrected chi connectivity index (χ0v) is 11.1. The molecule has 1 aromatic carbocycles. The van der Waals surface area contributed by atoms with Gasteiger partial charge in [0.15, 0.2) is 0 Å². The molecule has 0 saturated carbocycles. The van der Waals surface area contributed by atoms with E-state index in [9.17, 15) is 4.79 Å². The van der Waals surface area contributed by atoms with Gasteiger partial charge in [0, 0.05) is 5.38 Å². The first-order valence-corrected chi connectivity index (χ1v) is 6.51. The number of hydrogen-bond donors (Lipinski definition) is 1. The number of benzene rings is 1. The van der Waals surface area contributed by atoms with Crippen LogP contribution in [0.25, 0.3) is 0 Å². The minimum atomic E-state index is -1.02. The summed E-state index contributed by atoms with van der Waals surface area (Å²) in [6.07, 6.45) is 0.839. The predicted octanol–water partition coefficient (Wildman–Crippen LogP) is 3.85. The van der Waals surface area contributed by atoms with Crippen LogP contribution < -0.4 is 4.74 Å². The number of aromatic carboxylic acids is 1. The maximum Gasteiger partial charge on any atom is 0.335 e. The van der Waals surface area contributed by atoms with Crippen molar-refractivity contribution in [1.29, 1.82) is 0 Å². The second kappa shape index (κ2) is 5.37. The van der Waals surface area contributed by atoms with Crippen LogP contribution in [0, 0.1) is 0 Å². The molecular formula is C12H10ClNO3S. The van der Waals surface area contributed by atoms with E-state index in [1.165, 1.54) is 29.5 Å². The number of aryl methyl sites for hydroxylation is 1. The monoisotopic (exact) mass is 283 g/mol. The summed E-state index contributed by atoms with van der Waals surface area (Å²) in [4.78, 5) is 15.0. The van der Waals surface area contributed by atoms with Crippen LogP contribution in [0.5, 0.6) is 10.9 Å². The largest absolute Gasteiger partial charge is 0.478 e. The van der Waals surface area contributed by atoms with Crippen LogP contribution in [0.2, 0.25) is 5.02 Å². The van der Waals surface area contributed by atoms with Gasteiger partial charge in [0.05, 0.1) is 16.3 Å². The lowest BCUT2D eigenvalue weighted by Gasteiger charge is -2.04. The van der Waals surface area contributed by atoms with Gasteiger partial charge in [-0.05, 0) is 24.6 Å². The fourth-order valence-corrected chi connectivity index (χ4v) is 2.29. The summed E-state index contributed by atoms with van der Waals surface area (Å²) < 4.78 is 5.51. The SMILES string of the molecule is CCc1csc(Oc2ccc(C(=O)O)cc2Cl)n1. The van der Waals surface area contributed by atoms with E-state index >= 15 is 0 Å². The Morgan fingerprint density at radius 1 is 1.56 bits per heavy atom. The van der Waals surface area contributed by atoms with Gasteiger partial charge in [0.1, 0.15) is 5.75 Å². The Kier molecular flexibility index (Phi) is 3.84. The maximum absolute atomic E-state index is 10.8. The molecule has 94 valence electrons. The van der Waals surface area contributed by atoms with Crippen LogP contribution in [-0.4, -0.2) is 16.1 Å². The molecule has 0 fully saturated rings. The Bertz CT molecular complexity index is 582. The molecule has 0 aliphatic heterocycles. The smallest absolute Gasteiger partial charge is 0.335 e. The van der Waals surface area contributed by atoms with Crippen molar-refractivity contribution in [3.63, 3.8) is 0 Å². The molecule has 0 spiro atoms. The Labute approximate surface area is 113 Å². The standard InChI is InChI=1S/C12H10ClNO3S/c1-2-8-6-18-12(14-8)17-10-4-3-7(11(15)16)5-9(10)13/h3-6H,2H2,1H3,(H,15,16). The molecule has 1 heterocycles. The highest BCUT2D eigenvalue weighted by molar-refractivity contribution is 7.11. The van der Waals surface area contributed by atoms with Crippen LogP contribution in [0.15, 0.2) is 23.6 Å². The van der Waals surface area contributed by atoms with E-state index in [1.54, 1.807) is 0 Å². The summed E-state index contributed by atoms with van der Waals surface area (Å²) in [7, 11) is 0. The molecule has 2 rings (SSSR count). The number of carboxylic acid groups (broad SMARTS) is 1. The van der Waals surface area contributed by atoms with E-state index in [-0.39, 0.29) is 10.6 Å². The van der Waals surface area contributed by atoms with Gasteiger partial charge >= 0.3 is 5.97 Å². The Morgan fingerprint density at radius 2 is 2.33 bits per heavy atom. The lowest BCUT2D eigenvalue weighted by molar-refractivity contribution is 0.0697. The molecule has 1 N–H and O–H groups in total. The fraction of sp³-hybridized carbons (Fsp3) is 0.167. The number of carboxylic acids is 1. The second-order valence-electron chi connectivity index (χ2n) is 3.51. The molecule has 0 saturated heterocycles. The van der Waals surface area contributed by atoms with Crippen molar-refractivity contribution in [2.45, 2.75) is 13.3 Å². The first-order valence-electron chi connectivity index (χ1n) is 5.25. The van der Waals surface area contributed by atoms with Gasteiger partial charge in [-0.25, -0.2) is 9.78 Å². The van der Waals surface area contributed by atoms with E-state index in [0.29, 0.717) is 10.9 Å². The maximum atomic E-state index is 10.8. The van der Waals surface area contributed by atoms with Crippen molar-refractivity contribution in [2.75, 3.05) is 0 Å². The average Bonchev–Trinajstić information content (AvgIpc) is 2.79. The first-order chi connectivity index (χ1) is 8.60. The molecule has 0 aliphatic carbocycles. The summed E-state index contributed by atoms with van der Waals surface area (Å²) in [6.45, 7) is 2.01. The minimum absolute atomic E-state index is 0.126. The third kappa shape index (κ3) is 2.80. The molecule has 2 aromatic rings. The number of halogens is 1. The van der Waals surface area contributed by atoms with E-state index in [0.717, 1.165) is 12.1 Å². The molecule has 18 heavy (non-hydrogen) atoms. The lowest BCUT2D eigenvalue weighted by atomic mass is 10.2. The third-order valence-corrected chi connectivity index (χ3v) is 3.33. The number of ether oxygens (including phenoxy) is 1. The van der Waals surface area contributed by atoms with Crippen molar-refractivity contribution in [1.82, 2.24) is 4.98 Å². The molecule has 0 radical (unpaired) electrons. The van der Waals surface area contributed by atoms with Gasteiger partial charge in [0.2, 0.25) is 0 Å². The second-order valence-corrected chi connectivity index (χ2v) is 4.74. The highest BCUT2D eigenvalue weighted by Gasteiger charge is 2.10. The minimum Gasteiger partial charge on any atom is -0.478 e. The van der Waals surface area contributed by atoms with Crippen molar-refractivity contribution in [3.05, 3.63) is 39.9 Å². The van der Waals surface area contributed by atoms with Gasteiger partial charge in [-0.1, -0.05) is 29.9 Å². The molecule has 0 bridgehead atoms. The van der Waals surface area contributed by atoms with Gasteiger partial charge in [0.25, 0.3) is 5.19 Å². The summed E-state index contributed by atoms with van der Waals surface area (Å²) in [5.41, 5.74) is 1.08. The van der Waals surface area contributed by atoms with Crippen molar-refractivity contribution in [3.8, 4) is 10.9 Å². The molecule has 0 aliphatic rings. The van der Waals surface area contributed by atoms with E-state index in [1.807, 2.05) is 12.3 Å². The first kappa shape index (κ1) is 12.9. The Balaban J connectivity index is 2.21. The van der Waals surface area contributed by atoms with E-state index < -0.39 is 5.97 Å². The number of carbonyl (C=O) groups is 1. The zero-order chi connectivity index (χ0) is 13.1. The number of aromatic nitrogens is 1. The van der Waals surface area contributed by atoms with Gasteiger partial charge in [-0.3, -0.25) is 0 Å². The zero-order valence-electron chi connectivity index (χ0n) is 9.51. The van der Waals surface area contributed by atoms with E-state index in [2.05, 4.69) is 4.98 Å². The van der Waals surface area contributed by atoms with E-state index in [4.69, 9.17) is 21.4 Å². The molecule has 1 aromatic heterocycles. The van der Waals surface area contributed by atoms with Crippen LogP contribution in [-0.2, 0) is 6.42 Å². The number of rotatable bonds is 4. The van der Waals surface area contributed by atoms with Crippen LogP contribution in [0.3, 0.4) is 0 Å². The topological polar surface area (TPSA) is 59.4 Å². The summed E-state index contributed by atoms with van der Waals surface area (Å²) >= 11 is 7.33. The normalized spacial score (nSPS) is 10.3. The van der Waals surface area contributed by atoms with Crippen molar-refractivity contribution < 1.29 is 14.6 Å². The predicted molar refractivity (Wildman–Crippen MR) is 70.0 cm³/mol. The number of hydrogen-bond acceptors (Lipinski definition) is 4. The highest BCUT2D eigenvalue weighted by Crippen LogP contribution is 2.31. The molecule has 0 atom stereocenters. The van der Waals surface area contributed by atoms with Crippen LogP contribution >= 0.6 is 22.9 Å². The molecule has 0 unspecified atom stereocenters. The third-order valence-electron chi connectivity index (χ3n) is 2.27. The van der Waals surface area contributed by atoms with Crippen molar-refractivity contribution in [2.24, 2.45) is 0 Å². The average molecular weight is 284 g/mol. The van der Waals surface area contributed by atoms with Crippen LogP contribution in [0.1, 0.15) is 23.0 Å². The van der Waals surface area contributed by atoms with Crippen LogP contribution in [0.4, 0.5) is 0 Å². The molecular weight excluding hydrogens is 274 g/mol. The fourth-order valence-electron chi connectivity index (χ4n) is 1.31. The highest BCUT2D eigenvalue weighted by atomic mass is 35.5. The molecule has 0 amide bonds. The number of nitrogens with zero attached hydrogens (tertiary/aromatic N) is 1. The van der Waals surface area contributed by atoms with Gasteiger partial charge in [-0.2, -0.15) is 0 Å². The number of thiazole rings is 1. The quantitative estimate of drug-likeness (QED) is 0.926. The molecule has 6 heteroatoms. The Morgan fingerprint density at radius 3 is 2.89 bits per heavy atom. The summed E-state index contributed by atoms with van der Waals surface area (Å²) in [5, 5.41) is 11.5. The summed E-state index contributed by atoms with van der Waals surface area (Å²) in [5.74, 6) is -0.621. The van der Waals surface area contributed by atoms with Crippen molar-refractivity contribution >= 4 is 28.9 Å².